The van der Waals surface area contributed by atoms with Crippen molar-refractivity contribution in [2.45, 2.75) is 88.7 Å². The Labute approximate surface area is 324 Å². The van der Waals surface area contributed by atoms with Crippen LogP contribution in [0.15, 0.2) is 97.1 Å². The number of hydrogen-bond donors (Lipinski definition) is 5. The molecule has 1 heterocycles. The van der Waals surface area contributed by atoms with E-state index in [0.717, 1.165) is 70.4 Å². The summed E-state index contributed by atoms with van der Waals surface area (Å²) in [6, 6.07) is 31.1. The number of hydrogen-bond acceptors (Lipinski definition) is 7. The van der Waals surface area contributed by atoms with E-state index >= 15 is 0 Å². The number of aliphatic hydroxyl groups is 2. The van der Waals surface area contributed by atoms with Crippen LogP contribution in [0.5, 0.6) is 5.75 Å². The van der Waals surface area contributed by atoms with Crippen molar-refractivity contribution in [1.82, 2.24) is 15.5 Å². The fourth-order valence-corrected chi connectivity index (χ4v) is 10.3. The molecule has 5 atom stereocenters. The highest BCUT2D eigenvalue weighted by Crippen LogP contribution is 2.55. The predicted molar refractivity (Wildman–Crippen MR) is 212 cm³/mol. The Kier molecular flexibility index (Phi) is 11.0. The second-order valence-electron chi connectivity index (χ2n) is 16.9. The van der Waals surface area contributed by atoms with Crippen molar-refractivity contribution in [3.8, 4) is 16.9 Å². The highest BCUT2D eigenvalue weighted by Gasteiger charge is 2.51. The number of nitrogens with one attached hydrogen (secondary N) is 2. The molecule has 5 N–H and O–H groups in total. The Morgan fingerprint density at radius 1 is 0.873 bits per heavy atom. The zero-order valence-electron chi connectivity index (χ0n) is 31.9. The summed E-state index contributed by atoms with van der Waals surface area (Å²) >= 11 is 0. The molecule has 0 spiro atoms. The standard InChI is InChI=1S/C46H55N3O6/c1-29-42(27-49(2)26-41(52)37-7-5-8-39(51)21-37)54-44(55-43(29)35-12-10-30(28-50)11-13-35)36-16-14-34(15-17-36)40-9-4-3-6-38(40)25-47-45(53)48-46-22-31-18-32(23-46)20-33(19-31)24-46/h3-17,21,29,31-33,41-44,50-52H,18-20,22-28H2,1-2H3,(H2,47,48,53)/t29-,31?,32?,33?,41+,42+,43+,44+,46?/m0/s1. The molecule has 4 saturated carbocycles. The summed E-state index contributed by atoms with van der Waals surface area (Å²) in [6.07, 6.45) is 5.52. The average Bonchev–Trinajstić information content (AvgIpc) is 3.17. The van der Waals surface area contributed by atoms with Crippen LogP contribution in [0.3, 0.4) is 0 Å². The first kappa shape index (κ1) is 37.7. The fourth-order valence-electron chi connectivity index (χ4n) is 10.3. The second kappa shape index (κ2) is 16.1. The van der Waals surface area contributed by atoms with Crippen LogP contribution >= 0.6 is 0 Å². The number of benzene rings is 4. The Bertz CT molecular complexity index is 1900. The van der Waals surface area contributed by atoms with Gasteiger partial charge < -0.3 is 40.3 Å². The maximum atomic E-state index is 13.3. The molecule has 1 aliphatic heterocycles. The van der Waals surface area contributed by atoms with Gasteiger partial charge in [-0.05, 0) is 109 Å². The number of urea groups is 1. The third kappa shape index (κ3) is 8.47. The highest BCUT2D eigenvalue weighted by molar-refractivity contribution is 5.76. The lowest BCUT2D eigenvalue weighted by atomic mass is 9.53. The first-order valence-electron chi connectivity index (χ1n) is 20.0. The van der Waals surface area contributed by atoms with Crippen molar-refractivity contribution >= 4 is 6.03 Å². The number of phenols is 1. The Morgan fingerprint density at radius 2 is 1.55 bits per heavy atom. The molecule has 0 aromatic heterocycles. The third-order valence-corrected chi connectivity index (χ3v) is 12.7. The number of ether oxygens (including phenoxy) is 2. The van der Waals surface area contributed by atoms with Crippen LogP contribution in [-0.4, -0.2) is 58.0 Å². The van der Waals surface area contributed by atoms with Gasteiger partial charge in [0, 0.05) is 36.7 Å². The van der Waals surface area contributed by atoms with Gasteiger partial charge in [0.25, 0.3) is 0 Å². The summed E-state index contributed by atoms with van der Waals surface area (Å²) in [5.41, 5.74) is 6.53. The summed E-state index contributed by atoms with van der Waals surface area (Å²) in [6.45, 7) is 3.46. The summed E-state index contributed by atoms with van der Waals surface area (Å²) in [5, 5.41) is 37.2. The minimum absolute atomic E-state index is 0.0182. The van der Waals surface area contributed by atoms with E-state index in [9.17, 15) is 20.1 Å². The number of aliphatic hydroxyl groups excluding tert-OH is 2. The van der Waals surface area contributed by atoms with Gasteiger partial charge in [0.1, 0.15) is 5.75 Å². The molecule has 4 aliphatic carbocycles. The van der Waals surface area contributed by atoms with Gasteiger partial charge in [0.15, 0.2) is 6.29 Å². The van der Waals surface area contributed by atoms with E-state index in [1.54, 1.807) is 18.2 Å². The Hall–Kier alpha value is -4.25. The van der Waals surface area contributed by atoms with Crippen LogP contribution in [0.25, 0.3) is 11.1 Å². The molecule has 5 aliphatic rings. The number of carbonyl (C=O) groups excluding carboxylic acids is 1. The average molecular weight is 746 g/mol. The number of phenolic OH excluding ortho intramolecular Hbond substituents is 1. The highest BCUT2D eigenvalue weighted by atomic mass is 16.7. The maximum absolute atomic E-state index is 13.3. The fraction of sp³-hybridized carbons (Fsp3) is 0.457. The molecule has 55 heavy (non-hydrogen) atoms. The summed E-state index contributed by atoms with van der Waals surface area (Å²) in [7, 11) is 1.96. The molecule has 9 nitrogen and oxygen atoms in total. The van der Waals surface area contributed by atoms with Crippen molar-refractivity contribution in [3.63, 3.8) is 0 Å². The van der Waals surface area contributed by atoms with Crippen molar-refractivity contribution in [3.05, 3.63) is 125 Å². The summed E-state index contributed by atoms with van der Waals surface area (Å²) in [4.78, 5) is 15.3. The van der Waals surface area contributed by atoms with Crippen molar-refractivity contribution in [1.29, 1.82) is 0 Å². The molecule has 9 rings (SSSR count). The zero-order chi connectivity index (χ0) is 38.1. The molecular formula is C46H55N3O6. The number of aromatic hydroxyl groups is 1. The van der Waals surface area contributed by atoms with Crippen molar-refractivity contribution in [2.75, 3.05) is 20.1 Å². The molecule has 2 amide bonds. The van der Waals surface area contributed by atoms with Crippen molar-refractivity contribution < 1.29 is 29.6 Å². The number of rotatable bonds is 12. The maximum Gasteiger partial charge on any atom is 0.315 e. The summed E-state index contributed by atoms with van der Waals surface area (Å²) in [5.74, 6) is 2.43. The van der Waals surface area contributed by atoms with Crippen molar-refractivity contribution in [2.24, 2.45) is 23.7 Å². The molecule has 4 bridgehead atoms. The van der Waals surface area contributed by atoms with Gasteiger partial charge in [-0.3, -0.25) is 0 Å². The minimum Gasteiger partial charge on any atom is -0.508 e. The minimum atomic E-state index is -0.772. The molecule has 1 saturated heterocycles. The molecular weight excluding hydrogens is 691 g/mol. The summed E-state index contributed by atoms with van der Waals surface area (Å²) < 4.78 is 13.4. The molecule has 5 fully saturated rings. The van der Waals surface area contributed by atoms with Gasteiger partial charge in [-0.2, -0.15) is 0 Å². The zero-order valence-corrected chi connectivity index (χ0v) is 31.9. The monoisotopic (exact) mass is 745 g/mol. The van der Waals surface area contributed by atoms with Gasteiger partial charge in [0.05, 0.1) is 24.9 Å². The first-order chi connectivity index (χ1) is 26.6. The third-order valence-electron chi connectivity index (χ3n) is 12.7. The van der Waals surface area contributed by atoms with Crippen LogP contribution < -0.4 is 10.6 Å². The molecule has 4 aromatic carbocycles. The van der Waals surface area contributed by atoms with E-state index in [0.29, 0.717) is 25.2 Å². The van der Waals surface area contributed by atoms with E-state index in [2.05, 4.69) is 58.9 Å². The number of carbonyl (C=O) groups is 1. The molecule has 0 radical (unpaired) electrons. The van der Waals surface area contributed by atoms with Gasteiger partial charge in [-0.1, -0.05) is 91.9 Å². The van der Waals surface area contributed by atoms with E-state index < -0.39 is 12.4 Å². The van der Waals surface area contributed by atoms with Gasteiger partial charge in [0.2, 0.25) is 0 Å². The van der Waals surface area contributed by atoms with E-state index in [-0.39, 0.29) is 42.1 Å². The Balaban J connectivity index is 0.957. The van der Waals surface area contributed by atoms with Crippen LogP contribution in [0.2, 0.25) is 0 Å². The molecule has 0 unspecified atom stereocenters. The normalized spacial score (nSPS) is 28.9. The van der Waals surface area contributed by atoms with E-state index in [1.807, 2.05) is 49.5 Å². The number of likely N-dealkylation sites (N-methyl/N-ethyl adjacent to an activating group) is 1. The first-order valence-corrected chi connectivity index (χ1v) is 20.0. The number of nitrogens with zero attached hydrogens (tertiary/aromatic N) is 1. The van der Waals surface area contributed by atoms with Gasteiger partial charge >= 0.3 is 6.03 Å². The molecule has 290 valence electrons. The number of amides is 2. The smallest absolute Gasteiger partial charge is 0.315 e. The topological polar surface area (TPSA) is 124 Å². The lowest BCUT2D eigenvalue weighted by Gasteiger charge is -2.56. The second-order valence-corrected chi connectivity index (χ2v) is 16.9. The van der Waals surface area contributed by atoms with E-state index in [4.69, 9.17) is 9.47 Å². The van der Waals surface area contributed by atoms with E-state index in [1.165, 1.54) is 19.3 Å². The molecule has 4 aromatic rings. The van der Waals surface area contributed by atoms with Gasteiger partial charge in [-0.25, -0.2) is 4.79 Å². The van der Waals surface area contributed by atoms with Crippen LogP contribution in [0.1, 0.15) is 91.8 Å². The molecule has 9 heteroatoms. The lowest BCUT2D eigenvalue weighted by molar-refractivity contribution is -0.276. The van der Waals surface area contributed by atoms with Crippen LogP contribution in [0, 0.1) is 23.7 Å². The Morgan fingerprint density at radius 3 is 2.22 bits per heavy atom. The van der Waals surface area contributed by atoms with Gasteiger partial charge in [-0.15, -0.1) is 0 Å². The predicted octanol–water partition coefficient (Wildman–Crippen LogP) is 7.78. The van der Waals surface area contributed by atoms with Crippen LogP contribution in [-0.2, 0) is 22.6 Å². The quantitative estimate of drug-likeness (QED) is 0.100. The van der Waals surface area contributed by atoms with Crippen LogP contribution in [0.4, 0.5) is 4.79 Å². The lowest BCUT2D eigenvalue weighted by Crippen LogP contribution is -2.61. The largest absolute Gasteiger partial charge is 0.508 e. The SMILES string of the molecule is C[C@H]1[C@@H](CN(C)C[C@@H](O)c2cccc(O)c2)O[C@@H](c2ccc(-c3ccccc3CNC(=O)NC34CC5CC(CC(C5)C3)C4)cc2)O[C@H]1c1ccc(CO)cc1.